The molecule has 0 saturated carbocycles. The Morgan fingerprint density at radius 3 is 2.69 bits per heavy atom. The molecule has 1 rings (SSSR count). The second kappa shape index (κ2) is 4.00. The van der Waals surface area contributed by atoms with Gasteiger partial charge >= 0.3 is 0 Å². The molecule has 0 fully saturated rings. The second-order valence-electron chi connectivity index (χ2n) is 3.48. The smallest absolute Gasteiger partial charge is 0.229 e. The van der Waals surface area contributed by atoms with E-state index in [0.29, 0.717) is 11.2 Å². The van der Waals surface area contributed by atoms with Gasteiger partial charge in [-0.3, -0.25) is 4.57 Å². The average molecular weight is 221 g/mol. The van der Waals surface area contributed by atoms with E-state index in [1.165, 1.54) is 0 Å². The van der Waals surface area contributed by atoms with E-state index in [2.05, 4.69) is 0 Å². The van der Waals surface area contributed by atoms with E-state index in [9.17, 15) is 4.57 Å². The molecule has 1 aliphatic rings. The molecule has 1 unspecified atom stereocenters. The van der Waals surface area contributed by atoms with Crippen molar-refractivity contribution in [3.63, 3.8) is 0 Å². The van der Waals surface area contributed by atoms with Crippen molar-refractivity contribution in [3.05, 3.63) is 22.5 Å². The first-order chi connectivity index (χ1) is 5.93. The standard InChI is InChI=1S/C9H14ClO2P/c1-7(2)12-13(11)5-4-9(10)8(3)6-13/h4-5,7H,6H2,1-3H3. The first kappa shape index (κ1) is 11.0. The lowest BCUT2D eigenvalue weighted by Crippen LogP contribution is -2.05. The van der Waals surface area contributed by atoms with Gasteiger partial charge in [0.25, 0.3) is 0 Å². The van der Waals surface area contributed by atoms with Gasteiger partial charge in [0.15, 0.2) is 0 Å². The van der Waals surface area contributed by atoms with E-state index in [1.54, 1.807) is 11.9 Å². The number of hydrogen-bond acceptors (Lipinski definition) is 2. The number of hydrogen-bond donors (Lipinski definition) is 0. The molecule has 0 bridgehead atoms. The minimum Gasteiger partial charge on any atom is -0.323 e. The monoisotopic (exact) mass is 220 g/mol. The Morgan fingerprint density at radius 2 is 2.23 bits per heavy atom. The molecule has 0 N–H and O–H groups in total. The van der Waals surface area contributed by atoms with Crippen LogP contribution in [-0.4, -0.2) is 12.3 Å². The Labute approximate surface area is 84.1 Å². The van der Waals surface area contributed by atoms with Crippen molar-refractivity contribution in [3.8, 4) is 0 Å². The SMILES string of the molecule is CC1=C(Cl)C=CP(=O)(OC(C)C)C1. The summed E-state index contributed by atoms with van der Waals surface area (Å²) in [5, 5.41) is 0.679. The predicted molar refractivity (Wildman–Crippen MR) is 56.4 cm³/mol. The third-order valence-electron chi connectivity index (χ3n) is 1.70. The molecule has 0 aromatic carbocycles. The largest absolute Gasteiger partial charge is 0.323 e. The predicted octanol–water partition coefficient (Wildman–Crippen LogP) is 3.73. The van der Waals surface area contributed by atoms with Crippen LogP contribution in [0.25, 0.3) is 0 Å². The summed E-state index contributed by atoms with van der Waals surface area (Å²) in [6, 6.07) is 0. The third-order valence-corrected chi connectivity index (χ3v) is 4.45. The van der Waals surface area contributed by atoms with Crippen LogP contribution in [0.5, 0.6) is 0 Å². The zero-order valence-electron chi connectivity index (χ0n) is 8.08. The van der Waals surface area contributed by atoms with Gasteiger partial charge in [0.05, 0.1) is 12.3 Å². The molecule has 0 spiro atoms. The molecule has 0 radical (unpaired) electrons. The van der Waals surface area contributed by atoms with Gasteiger partial charge in [-0.2, -0.15) is 0 Å². The average Bonchev–Trinajstić information content (AvgIpc) is 1.96. The van der Waals surface area contributed by atoms with Crippen molar-refractivity contribution in [2.45, 2.75) is 26.9 Å². The third kappa shape index (κ3) is 2.98. The molecule has 0 amide bonds. The van der Waals surface area contributed by atoms with Gasteiger partial charge in [-0.1, -0.05) is 11.6 Å². The number of halogens is 1. The fraction of sp³-hybridized carbons (Fsp3) is 0.556. The summed E-state index contributed by atoms with van der Waals surface area (Å²) in [4.78, 5) is 0. The highest BCUT2D eigenvalue weighted by atomic mass is 35.5. The van der Waals surface area contributed by atoms with Gasteiger partial charge in [-0.25, -0.2) is 0 Å². The molecule has 4 heteroatoms. The molecule has 0 aromatic heterocycles. The Kier molecular flexibility index (Phi) is 3.39. The maximum absolute atomic E-state index is 12.0. The maximum Gasteiger partial charge on any atom is 0.229 e. The molecule has 13 heavy (non-hydrogen) atoms. The van der Waals surface area contributed by atoms with E-state index in [-0.39, 0.29) is 6.10 Å². The molecule has 0 aromatic rings. The minimum atomic E-state index is -2.59. The summed E-state index contributed by atoms with van der Waals surface area (Å²) in [5.41, 5.74) is 0.938. The van der Waals surface area contributed by atoms with Crippen LogP contribution in [0.1, 0.15) is 20.8 Å². The number of allylic oxidation sites excluding steroid dienone is 3. The van der Waals surface area contributed by atoms with E-state index >= 15 is 0 Å². The highest BCUT2D eigenvalue weighted by Crippen LogP contribution is 2.54. The molecule has 0 aliphatic carbocycles. The fourth-order valence-corrected chi connectivity index (χ4v) is 3.69. The van der Waals surface area contributed by atoms with Crippen LogP contribution in [0.3, 0.4) is 0 Å². The van der Waals surface area contributed by atoms with Crippen LogP contribution in [0.4, 0.5) is 0 Å². The lowest BCUT2D eigenvalue weighted by molar-refractivity contribution is 0.249. The molecular weight excluding hydrogens is 207 g/mol. The van der Waals surface area contributed by atoms with Crippen molar-refractivity contribution in [2.75, 3.05) is 6.16 Å². The van der Waals surface area contributed by atoms with Crippen LogP contribution >= 0.6 is 19.0 Å². The molecule has 74 valence electrons. The zero-order chi connectivity index (χ0) is 10.1. The molecule has 1 atom stereocenters. The van der Waals surface area contributed by atoms with E-state index in [0.717, 1.165) is 5.57 Å². The maximum atomic E-state index is 12.0. The van der Waals surface area contributed by atoms with Gasteiger partial charge in [-0.15, -0.1) is 0 Å². The Morgan fingerprint density at radius 1 is 1.62 bits per heavy atom. The van der Waals surface area contributed by atoms with Crippen LogP contribution < -0.4 is 0 Å². The summed E-state index contributed by atoms with van der Waals surface area (Å²) in [6.45, 7) is 5.63. The Bertz CT molecular complexity index is 305. The minimum absolute atomic E-state index is 0.0137. The highest BCUT2D eigenvalue weighted by Gasteiger charge is 2.25. The van der Waals surface area contributed by atoms with Gasteiger partial charge in [-0.05, 0) is 32.4 Å². The Hall–Kier alpha value is -0.0400. The van der Waals surface area contributed by atoms with Crippen LogP contribution in [0.2, 0.25) is 0 Å². The van der Waals surface area contributed by atoms with Crippen molar-refractivity contribution in [1.29, 1.82) is 0 Å². The second-order valence-corrected chi connectivity index (χ2v) is 6.17. The topological polar surface area (TPSA) is 26.3 Å². The van der Waals surface area contributed by atoms with Crippen LogP contribution in [0.15, 0.2) is 22.5 Å². The quantitative estimate of drug-likeness (QED) is 0.663. The normalized spacial score (nSPS) is 28.7. The summed E-state index contributed by atoms with van der Waals surface area (Å²) in [5.74, 6) is 1.60. The van der Waals surface area contributed by atoms with Crippen molar-refractivity contribution in [1.82, 2.24) is 0 Å². The van der Waals surface area contributed by atoms with Crippen molar-refractivity contribution >= 4 is 19.0 Å². The van der Waals surface area contributed by atoms with Gasteiger partial charge < -0.3 is 4.52 Å². The van der Waals surface area contributed by atoms with E-state index in [1.807, 2.05) is 20.8 Å². The first-order valence-electron chi connectivity index (χ1n) is 4.24. The van der Waals surface area contributed by atoms with Gasteiger partial charge in [0, 0.05) is 10.8 Å². The van der Waals surface area contributed by atoms with Crippen LogP contribution in [0, 0.1) is 0 Å². The van der Waals surface area contributed by atoms with Gasteiger partial charge in [0.1, 0.15) is 0 Å². The van der Waals surface area contributed by atoms with Crippen molar-refractivity contribution < 1.29 is 9.09 Å². The summed E-state index contributed by atoms with van der Waals surface area (Å²) < 4.78 is 17.4. The molecule has 0 saturated heterocycles. The molecular formula is C9H14ClO2P. The molecule has 2 nitrogen and oxygen atoms in total. The number of rotatable bonds is 2. The first-order valence-corrected chi connectivity index (χ1v) is 6.50. The highest BCUT2D eigenvalue weighted by molar-refractivity contribution is 7.62. The van der Waals surface area contributed by atoms with E-state index in [4.69, 9.17) is 16.1 Å². The fourth-order valence-electron chi connectivity index (χ4n) is 1.21. The van der Waals surface area contributed by atoms with Crippen LogP contribution in [-0.2, 0) is 9.09 Å². The zero-order valence-corrected chi connectivity index (χ0v) is 9.73. The lowest BCUT2D eigenvalue weighted by atomic mass is 10.3. The summed E-state index contributed by atoms with van der Waals surface area (Å²) in [7, 11) is -2.59. The summed E-state index contributed by atoms with van der Waals surface area (Å²) in [6.07, 6.45) is 2.10. The lowest BCUT2D eigenvalue weighted by Gasteiger charge is -2.21. The van der Waals surface area contributed by atoms with E-state index < -0.39 is 7.37 Å². The molecule has 1 aliphatic heterocycles. The molecule has 1 heterocycles. The summed E-state index contributed by atoms with van der Waals surface area (Å²) >= 11 is 5.85. The van der Waals surface area contributed by atoms with Crippen molar-refractivity contribution in [2.24, 2.45) is 0 Å². The Balaban J connectivity index is 2.79. The van der Waals surface area contributed by atoms with Gasteiger partial charge in [0.2, 0.25) is 7.37 Å².